The van der Waals surface area contributed by atoms with E-state index in [0.717, 1.165) is 42.5 Å². The average molecular weight is 353 g/mol. The van der Waals surface area contributed by atoms with Crippen LogP contribution in [0.2, 0.25) is 0 Å². The summed E-state index contributed by atoms with van der Waals surface area (Å²) in [5, 5.41) is 4.22. The number of rotatable bonds is 1. The fraction of sp³-hybridized carbons (Fsp3) is 0.400. The largest absolute Gasteiger partial charge is 0.348 e. The highest BCUT2D eigenvalue weighted by atomic mass is 32.1. The fourth-order valence-electron chi connectivity index (χ4n) is 4.14. The minimum Gasteiger partial charge on any atom is -0.348 e. The lowest BCUT2D eigenvalue weighted by atomic mass is 9.83. The highest BCUT2D eigenvalue weighted by Gasteiger charge is 2.35. The lowest BCUT2D eigenvalue weighted by Crippen LogP contribution is -2.50. The lowest BCUT2D eigenvalue weighted by molar-refractivity contribution is 0.180. The van der Waals surface area contributed by atoms with Gasteiger partial charge in [-0.25, -0.2) is 0 Å². The number of aromatic nitrogens is 1. The van der Waals surface area contributed by atoms with Gasteiger partial charge in [0.15, 0.2) is 5.11 Å². The maximum absolute atomic E-state index is 12.1. The Hall–Kier alpha value is -2.14. The van der Waals surface area contributed by atoms with Gasteiger partial charge < -0.3 is 14.8 Å². The Labute approximate surface area is 153 Å². The summed E-state index contributed by atoms with van der Waals surface area (Å²) in [6, 6.07) is 11.9. The van der Waals surface area contributed by atoms with Crippen molar-refractivity contribution in [3.05, 3.63) is 63.6 Å². The zero-order valence-corrected chi connectivity index (χ0v) is 15.5. The third-order valence-electron chi connectivity index (χ3n) is 5.61. The number of benzene rings is 1. The van der Waals surface area contributed by atoms with Gasteiger partial charge in [-0.05, 0) is 61.7 Å². The van der Waals surface area contributed by atoms with Crippen LogP contribution < -0.4 is 10.9 Å². The van der Waals surface area contributed by atoms with Gasteiger partial charge in [-0.3, -0.25) is 4.79 Å². The first kappa shape index (κ1) is 16.3. The van der Waals surface area contributed by atoms with Crippen LogP contribution in [0.5, 0.6) is 0 Å². The van der Waals surface area contributed by atoms with Crippen LogP contribution in [-0.4, -0.2) is 27.7 Å². The van der Waals surface area contributed by atoms with E-state index in [2.05, 4.69) is 48.3 Å². The second-order valence-corrected chi connectivity index (χ2v) is 7.67. The summed E-state index contributed by atoms with van der Waals surface area (Å²) in [5.74, 6) is 0.851. The summed E-state index contributed by atoms with van der Waals surface area (Å²) in [6.45, 7) is 6.82. The van der Waals surface area contributed by atoms with E-state index in [1.165, 1.54) is 11.1 Å². The highest BCUT2D eigenvalue weighted by molar-refractivity contribution is 7.80. The molecule has 0 amide bonds. The maximum atomic E-state index is 12.1. The Morgan fingerprint density at radius 2 is 1.92 bits per heavy atom. The molecule has 2 atom stereocenters. The number of nitrogens with zero attached hydrogens (tertiary/aromatic N) is 2. The van der Waals surface area contributed by atoms with Crippen LogP contribution >= 0.6 is 12.2 Å². The maximum Gasteiger partial charge on any atom is 0.250 e. The van der Waals surface area contributed by atoms with Crippen LogP contribution in [0.4, 0.5) is 5.69 Å². The van der Waals surface area contributed by atoms with Crippen molar-refractivity contribution in [2.75, 3.05) is 18.4 Å². The Kier molecular flexibility index (Phi) is 4.12. The molecule has 4 rings (SSSR count). The summed E-state index contributed by atoms with van der Waals surface area (Å²) < 4.78 is 1.96. The van der Waals surface area contributed by atoms with Crippen molar-refractivity contribution in [1.29, 1.82) is 0 Å². The molecule has 4 nitrogen and oxygen atoms in total. The molecule has 2 aromatic rings. The minimum absolute atomic E-state index is 0.122. The number of hydrogen-bond donors (Lipinski definition) is 1. The monoisotopic (exact) mass is 353 g/mol. The number of likely N-dealkylation sites (tertiary alicyclic amines) is 1. The van der Waals surface area contributed by atoms with Crippen molar-refractivity contribution in [3.8, 4) is 0 Å². The third kappa shape index (κ3) is 2.97. The molecule has 1 aromatic heterocycles. The molecule has 25 heavy (non-hydrogen) atoms. The summed E-state index contributed by atoms with van der Waals surface area (Å²) in [6.07, 6.45) is 1.14. The first-order valence-electron chi connectivity index (χ1n) is 8.85. The van der Waals surface area contributed by atoms with Crippen LogP contribution in [0.25, 0.3) is 0 Å². The number of anilines is 1. The molecule has 0 aliphatic carbocycles. The van der Waals surface area contributed by atoms with Crippen molar-refractivity contribution in [2.24, 2.45) is 5.92 Å². The van der Waals surface area contributed by atoms with Gasteiger partial charge in [-0.1, -0.05) is 18.2 Å². The molecule has 2 aliphatic rings. The van der Waals surface area contributed by atoms with E-state index in [1.54, 1.807) is 6.07 Å². The standard InChI is InChI=1S/C20H23N3OS/c1-13-5-3-6-17(14(13)2)21-20(25)22-10-15-9-16(12-22)18-7-4-8-19(24)23(18)11-15/h3-8,15-16H,9-12H2,1-2H3,(H,21,25)/t15-,16-/m1/s1. The van der Waals surface area contributed by atoms with Crippen LogP contribution in [0.1, 0.15) is 29.2 Å². The van der Waals surface area contributed by atoms with Crippen LogP contribution in [0, 0.1) is 19.8 Å². The van der Waals surface area contributed by atoms with Crippen LogP contribution in [-0.2, 0) is 6.54 Å². The zero-order valence-electron chi connectivity index (χ0n) is 14.7. The molecule has 1 N–H and O–H groups in total. The summed E-state index contributed by atoms with van der Waals surface area (Å²) in [5.41, 5.74) is 4.85. The van der Waals surface area contributed by atoms with Gasteiger partial charge >= 0.3 is 0 Å². The molecule has 5 heteroatoms. The van der Waals surface area contributed by atoms with E-state index in [9.17, 15) is 4.79 Å². The van der Waals surface area contributed by atoms with Gasteiger partial charge in [-0.15, -0.1) is 0 Å². The molecule has 2 bridgehead atoms. The molecule has 0 radical (unpaired) electrons. The topological polar surface area (TPSA) is 37.3 Å². The van der Waals surface area contributed by atoms with Crippen molar-refractivity contribution in [3.63, 3.8) is 0 Å². The first-order valence-corrected chi connectivity index (χ1v) is 9.25. The zero-order chi connectivity index (χ0) is 17.6. The van der Waals surface area contributed by atoms with E-state index < -0.39 is 0 Å². The van der Waals surface area contributed by atoms with Gasteiger partial charge in [0.1, 0.15) is 0 Å². The highest BCUT2D eigenvalue weighted by Crippen LogP contribution is 2.35. The number of aryl methyl sites for hydroxylation is 1. The third-order valence-corrected chi connectivity index (χ3v) is 5.97. The Balaban J connectivity index is 1.55. The van der Waals surface area contributed by atoms with Gasteiger partial charge in [0, 0.05) is 43.0 Å². The van der Waals surface area contributed by atoms with Gasteiger partial charge in [0.25, 0.3) is 5.56 Å². The smallest absolute Gasteiger partial charge is 0.250 e. The van der Waals surface area contributed by atoms with E-state index >= 15 is 0 Å². The number of piperidine rings is 1. The first-order chi connectivity index (χ1) is 12.0. The molecule has 1 fully saturated rings. The molecule has 3 heterocycles. The van der Waals surface area contributed by atoms with E-state index in [-0.39, 0.29) is 5.56 Å². The Morgan fingerprint density at radius 1 is 1.12 bits per heavy atom. The molecule has 0 saturated carbocycles. The summed E-state index contributed by atoms with van der Waals surface area (Å²) in [7, 11) is 0. The van der Waals surface area contributed by atoms with Crippen molar-refractivity contribution >= 4 is 23.0 Å². The summed E-state index contributed by atoms with van der Waals surface area (Å²) in [4.78, 5) is 14.4. The molecule has 130 valence electrons. The van der Waals surface area contributed by atoms with Crippen molar-refractivity contribution in [2.45, 2.75) is 32.7 Å². The van der Waals surface area contributed by atoms with E-state index in [0.29, 0.717) is 11.8 Å². The predicted octanol–water partition coefficient (Wildman–Crippen LogP) is 3.28. The fourth-order valence-corrected chi connectivity index (χ4v) is 4.40. The molecule has 1 saturated heterocycles. The Bertz CT molecular complexity index is 889. The van der Waals surface area contributed by atoms with Crippen molar-refractivity contribution in [1.82, 2.24) is 9.47 Å². The normalized spacial score (nSPS) is 21.6. The lowest BCUT2D eigenvalue weighted by Gasteiger charge is -2.43. The van der Waals surface area contributed by atoms with E-state index in [4.69, 9.17) is 12.2 Å². The van der Waals surface area contributed by atoms with Crippen molar-refractivity contribution < 1.29 is 0 Å². The molecule has 1 aromatic carbocycles. The molecular formula is C20H23N3OS. The number of pyridine rings is 1. The van der Waals surface area contributed by atoms with Gasteiger partial charge in [0.05, 0.1) is 0 Å². The molecular weight excluding hydrogens is 330 g/mol. The number of fused-ring (bicyclic) bond motifs is 4. The predicted molar refractivity (Wildman–Crippen MR) is 105 cm³/mol. The number of nitrogens with one attached hydrogen (secondary N) is 1. The number of hydrogen-bond acceptors (Lipinski definition) is 2. The Morgan fingerprint density at radius 3 is 2.76 bits per heavy atom. The van der Waals surface area contributed by atoms with E-state index in [1.807, 2.05) is 10.6 Å². The van der Waals surface area contributed by atoms with Gasteiger partial charge in [0.2, 0.25) is 0 Å². The quantitative estimate of drug-likeness (QED) is 0.799. The average Bonchev–Trinajstić information content (AvgIpc) is 2.60. The van der Waals surface area contributed by atoms with Crippen LogP contribution in [0.15, 0.2) is 41.2 Å². The number of thiocarbonyl (C=S) groups is 1. The minimum atomic E-state index is 0.122. The molecule has 0 spiro atoms. The molecule has 0 unspecified atom stereocenters. The van der Waals surface area contributed by atoms with Gasteiger partial charge in [-0.2, -0.15) is 0 Å². The summed E-state index contributed by atoms with van der Waals surface area (Å²) >= 11 is 5.71. The molecule has 2 aliphatic heterocycles. The second kappa shape index (κ2) is 6.30. The van der Waals surface area contributed by atoms with Crippen LogP contribution in [0.3, 0.4) is 0 Å². The second-order valence-electron chi connectivity index (χ2n) is 7.28. The SMILES string of the molecule is Cc1cccc(NC(=S)N2C[C@H]3C[C@H](C2)c2cccc(=O)n2C3)c1C.